The van der Waals surface area contributed by atoms with Gasteiger partial charge >= 0.3 is 0 Å². The van der Waals surface area contributed by atoms with E-state index < -0.39 is 9.05 Å². The number of fused-ring (bicyclic) bond motifs is 1. The molecule has 0 spiro atoms. The molecule has 0 amide bonds. The van der Waals surface area contributed by atoms with Crippen molar-refractivity contribution < 1.29 is 8.42 Å². The minimum Gasteiger partial charge on any atom is -0.255 e. The largest absolute Gasteiger partial charge is 0.263 e. The van der Waals surface area contributed by atoms with Crippen LogP contribution in [0.2, 0.25) is 0 Å². The first-order chi connectivity index (χ1) is 7.41. The van der Waals surface area contributed by atoms with Gasteiger partial charge in [-0.25, -0.2) is 8.42 Å². The summed E-state index contributed by atoms with van der Waals surface area (Å²) in [6, 6.07) is 5.06. The van der Waals surface area contributed by atoms with E-state index in [9.17, 15) is 8.42 Å². The molecule has 3 nitrogen and oxygen atoms in total. The molecule has 0 saturated heterocycles. The van der Waals surface area contributed by atoms with Crippen molar-refractivity contribution in [1.82, 2.24) is 4.98 Å². The van der Waals surface area contributed by atoms with Crippen molar-refractivity contribution >= 4 is 46.6 Å². The summed E-state index contributed by atoms with van der Waals surface area (Å²) in [5.41, 5.74) is 1.19. The summed E-state index contributed by atoms with van der Waals surface area (Å²) in [6.07, 6.45) is 1.54. The number of benzene rings is 1. The Morgan fingerprint density at radius 2 is 2.12 bits per heavy atom. The van der Waals surface area contributed by atoms with Crippen molar-refractivity contribution in [3.63, 3.8) is 0 Å². The maximum atomic E-state index is 11.4. The van der Waals surface area contributed by atoms with Gasteiger partial charge in [-0.15, -0.1) is 0 Å². The van der Waals surface area contributed by atoms with Crippen LogP contribution in [0.3, 0.4) is 0 Å². The van der Waals surface area contributed by atoms with E-state index in [1.165, 1.54) is 12.3 Å². The van der Waals surface area contributed by atoms with Gasteiger partial charge < -0.3 is 0 Å². The van der Waals surface area contributed by atoms with Crippen LogP contribution in [0.1, 0.15) is 5.56 Å². The summed E-state index contributed by atoms with van der Waals surface area (Å²) in [6.45, 7) is 1.81. The normalized spacial score (nSPS) is 11.9. The van der Waals surface area contributed by atoms with Crippen LogP contribution in [0.15, 0.2) is 33.8 Å². The molecule has 0 aliphatic rings. The molecule has 1 aromatic carbocycles. The molecule has 0 bridgehead atoms. The smallest absolute Gasteiger partial charge is 0.255 e. The number of hydrogen-bond donors (Lipinski definition) is 0. The van der Waals surface area contributed by atoms with E-state index in [1.807, 2.05) is 6.92 Å². The highest BCUT2D eigenvalue weighted by Crippen LogP contribution is 2.32. The van der Waals surface area contributed by atoms with E-state index in [-0.39, 0.29) is 4.90 Å². The molecule has 0 saturated carbocycles. The van der Waals surface area contributed by atoms with Crippen molar-refractivity contribution in [2.24, 2.45) is 0 Å². The van der Waals surface area contributed by atoms with Crippen molar-refractivity contribution in [3.8, 4) is 0 Å². The fourth-order valence-electron chi connectivity index (χ4n) is 1.51. The monoisotopic (exact) mass is 319 g/mol. The molecule has 16 heavy (non-hydrogen) atoms. The Labute approximate surface area is 106 Å². The summed E-state index contributed by atoms with van der Waals surface area (Å²) in [7, 11) is 1.60. The van der Waals surface area contributed by atoms with Crippen molar-refractivity contribution in [3.05, 3.63) is 34.4 Å². The number of aryl methyl sites for hydroxylation is 1. The average molecular weight is 321 g/mol. The molecule has 0 unspecified atom stereocenters. The Kier molecular flexibility index (Phi) is 2.94. The van der Waals surface area contributed by atoms with Crippen LogP contribution < -0.4 is 0 Å². The second-order valence-electron chi connectivity index (χ2n) is 3.34. The third-order valence-electron chi connectivity index (χ3n) is 2.23. The third kappa shape index (κ3) is 1.95. The molecular weight excluding hydrogens is 314 g/mol. The molecule has 2 aromatic rings. The molecule has 84 valence electrons. The van der Waals surface area contributed by atoms with Gasteiger partial charge in [0.05, 0.1) is 5.52 Å². The summed E-state index contributed by atoms with van der Waals surface area (Å²) in [4.78, 5) is 4.10. The highest BCUT2D eigenvalue weighted by atomic mass is 79.9. The van der Waals surface area contributed by atoms with Gasteiger partial charge in [-0.2, -0.15) is 0 Å². The van der Waals surface area contributed by atoms with Crippen LogP contribution in [-0.4, -0.2) is 13.4 Å². The second-order valence-corrected chi connectivity index (χ2v) is 6.67. The van der Waals surface area contributed by atoms with Crippen LogP contribution >= 0.6 is 26.6 Å². The number of aromatic nitrogens is 1. The molecule has 0 atom stereocenters. The van der Waals surface area contributed by atoms with E-state index in [0.29, 0.717) is 5.52 Å². The zero-order valence-electron chi connectivity index (χ0n) is 8.24. The molecule has 1 heterocycles. The summed E-state index contributed by atoms with van der Waals surface area (Å²) in [5.74, 6) is 0. The minimum atomic E-state index is -3.78. The zero-order valence-corrected chi connectivity index (χ0v) is 11.4. The quantitative estimate of drug-likeness (QED) is 0.758. The maximum absolute atomic E-state index is 11.4. The van der Waals surface area contributed by atoms with Crippen molar-refractivity contribution in [2.75, 3.05) is 0 Å². The van der Waals surface area contributed by atoms with Crippen molar-refractivity contribution in [2.45, 2.75) is 11.8 Å². The van der Waals surface area contributed by atoms with Crippen LogP contribution in [0.25, 0.3) is 10.9 Å². The van der Waals surface area contributed by atoms with E-state index in [4.69, 9.17) is 10.7 Å². The molecule has 0 aliphatic carbocycles. The van der Waals surface area contributed by atoms with Gasteiger partial charge in [0.25, 0.3) is 9.05 Å². The van der Waals surface area contributed by atoms with Gasteiger partial charge in [0.15, 0.2) is 0 Å². The predicted octanol–water partition coefficient (Wildman–Crippen LogP) is 3.23. The summed E-state index contributed by atoms with van der Waals surface area (Å²) in [5, 5.41) is 0.738. The van der Waals surface area contributed by atoms with E-state index in [1.54, 1.807) is 12.1 Å². The predicted molar refractivity (Wildman–Crippen MR) is 67.2 cm³/mol. The van der Waals surface area contributed by atoms with Crippen LogP contribution in [0.4, 0.5) is 0 Å². The Bertz CT molecular complexity index is 670. The van der Waals surface area contributed by atoms with Gasteiger partial charge in [0.2, 0.25) is 0 Å². The van der Waals surface area contributed by atoms with Crippen molar-refractivity contribution in [1.29, 1.82) is 0 Å². The van der Waals surface area contributed by atoms with Gasteiger partial charge in [-0.05, 0) is 40.5 Å². The van der Waals surface area contributed by atoms with Crippen LogP contribution in [0.5, 0.6) is 0 Å². The lowest BCUT2D eigenvalue weighted by Crippen LogP contribution is -1.96. The van der Waals surface area contributed by atoms with Crippen LogP contribution in [-0.2, 0) is 9.05 Å². The first kappa shape index (κ1) is 11.8. The third-order valence-corrected chi connectivity index (χ3v) is 4.62. The Hall–Kier alpha value is -0.650. The highest BCUT2D eigenvalue weighted by Gasteiger charge is 2.18. The summed E-state index contributed by atoms with van der Waals surface area (Å²) < 4.78 is 23.7. The summed E-state index contributed by atoms with van der Waals surface area (Å²) >= 11 is 3.40. The highest BCUT2D eigenvalue weighted by molar-refractivity contribution is 9.10. The molecule has 0 radical (unpaired) electrons. The fraction of sp³-hybridized carbons (Fsp3) is 0.100. The molecule has 1 aromatic heterocycles. The number of nitrogens with zero attached hydrogens (tertiary/aromatic N) is 1. The lowest BCUT2D eigenvalue weighted by Gasteiger charge is -2.07. The molecular formula is C10H7BrClNO2S. The van der Waals surface area contributed by atoms with Gasteiger partial charge in [-0.1, -0.05) is 6.07 Å². The topological polar surface area (TPSA) is 47.0 Å². The van der Waals surface area contributed by atoms with E-state index in [0.717, 1.165) is 15.4 Å². The Balaban J connectivity index is 3.02. The molecule has 2 rings (SSSR count). The molecule has 0 fully saturated rings. The number of rotatable bonds is 1. The fourth-order valence-corrected chi connectivity index (χ4v) is 3.00. The maximum Gasteiger partial charge on any atom is 0.263 e. The van der Waals surface area contributed by atoms with E-state index in [2.05, 4.69) is 20.9 Å². The van der Waals surface area contributed by atoms with Gasteiger partial charge in [-0.3, -0.25) is 4.98 Å². The van der Waals surface area contributed by atoms with E-state index >= 15 is 0 Å². The second kappa shape index (κ2) is 3.98. The first-order valence-corrected chi connectivity index (χ1v) is 7.50. The number of hydrogen-bond acceptors (Lipinski definition) is 3. The minimum absolute atomic E-state index is 0.0467. The molecule has 0 aliphatic heterocycles. The average Bonchev–Trinajstić information content (AvgIpc) is 2.22. The lowest BCUT2D eigenvalue weighted by molar-refractivity contribution is 0.610. The SMILES string of the molecule is Cc1cc(S(=O)(=O)Cl)c2ncccc2c1Br. The first-order valence-electron chi connectivity index (χ1n) is 4.40. The van der Waals surface area contributed by atoms with Crippen LogP contribution in [0, 0.1) is 6.92 Å². The Morgan fingerprint density at radius 3 is 2.75 bits per heavy atom. The Morgan fingerprint density at radius 1 is 1.44 bits per heavy atom. The number of halogens is 2. The standard InChI is InChI=1S/C10H7BrClNO2S/c1-6-5-8(16(12,14)15)10-7(9(6)11)3-2-4-13-10/h2-5H,1H3. The molecule has 0 N–H and O–H groups in total. The van der Waals surface area contributed by atoms with Gasteiger partial charge in [0.1, 0.15) is 4.90 Å². The number of pyridine rings is 1. The zero-order chi connectivity index (χ0) is 11.9. The molecule has 6 heteroatoms. The van der Waals surface area contributed by atoms with Gasteiger partial charge in [0, 0.05) is 26.7 Å². The lowest BCUT2D eigenvalue weighted by atomic mass is 10.1.